The van der Waals surface area contributed by atoms with Gasteiger partial charge in [0.1, 0.15) is 0 Å². The molecule has 0 radical (unpaired) electrons. The third-order valence-corrected chi connectivity index (χ3v) is 3.46. The third kappa shape index (κ3) is 2.97. The molecule has 0 N–H and O–H groups in total. The molecule has 0 aliphatic heterocycles. The molecule has 0 aromatic carbocycles. The molecule has 0 amide bonds. The minimum absolute atomic E-state index is 0.0799. The van der Waals surface area contributed by atoms with E-state index in [1.165, 1.54) is 6.26 Å². The van der Waals surface area contributed by atoms with Gasteiger partial charge in [0, 0.05) is 10.3 Å². The number of rotatable bonds is 4. The molecule has 0 saturated heterocycles. The van der Waals surface area contributed by atoms with Crippen LogP contribution in [0.1, 0.15) is 10.6 Å². The lowest BCUT2D eigenvalue weighted by atomic mass is 10.3. The highest BCUT2D eigenvalue weighted by molar-refractivity contribution is 8.21. The van der Waals surface area contributed by atoms with Crippen LogP contribution in [0.4, 0.5) is 0 Å². The molecule has 0 saturated carbocycles. The lowest BCUT2D eigenvalue weighted by Gasteiger charge is -1.96. The topological polar surface area (TPSA) is 30.2 Å². The molecule has 1 aromatic rings. The van der Waals surface area contributed by atoms with Gasteiger partial charge in [0.25, 0.3) is 0 Å². The van der Waals surface area contributed by atoms with Crippen molar-refractivity contribution in [2.24, 2.45) is 0 Å². The van der Waals surface area contributed by atoms with E-state index in [9.17, 15) is 4.79 Å². The van der Waals surface area contributed by atoms with E-state index >= 15 is 0 Å². The molecule has 0 aliphatic rings. The summed E-state index contributed by atoms with van der Waals surface area (Å²) in [5, 5.41) is 0. The molecule has 1 heterocycles. The average Bonchev–Trinajstić information content (AvgIpc) is 2.66. The van der Waals surface area contributed by atoms with E-state index in [0.29, 0.717) is 5.76 Å². The summed E-state index contributed by atoms with van der Waals surface area (Å²) in [5.41, 5.74) is 0. The largest absolute Gasteiger partial charge is 0.461 e. The quantitative estimate of drug-likeness (QED) is 0.569. The molecule has 2 nitrogen and oxygen atoms in total. The van der Waals surface area contributed by atoms with Crippen molar-refractivity contribution in [1.29, 1.82) is 0 Å². The van der Waals surface area contributed by atoms with Gasteiger partial charge in [-0.25, -0.2) is 0 Å². The van der Waals surface area contributed by atoms with Gasteiger partial charge in [-0.2, -0.15) is 0 Å². The molecule has 0 bridgehead atoms. The number of thioether (sulfide) groups is 2. The lowest BCUT2D eigenvalue weighted by Crippen LogP contribution is -1.91. The van der Waals surface area contributed by atoms with E-state index in [1.54, 1.807) is 41.7 Å². The Bertz CT molecular complexity index is 295. The van der Waals surface area contributed by atoms with Crippen LogP contribution in [-0.4, -0.2) is 18.3 Å². The number of allylic oxidation sites excluding steroid dienone is 1. The van der Waals surface area contributed by atoms with Crippen LogP contribution in [0.15, 0.2) is 33.1 Å². The second kappa shape index (κ2) is 5.19. The zero-order valence-corrected chi connectivity index (χ0v) is 9.08. The van der Waals surface area contributed by atoms with Gasteiger partial charge in [-0.15, -0.1) is 23.5 Å². The number of hydrogen-bond donors (Lipinski definition) is 0. The molecule has 1 aromatic heterocycles. The first-order valence-corrected chi connectivity index (χ1v) is 6.10. The monoisotopic (exact) mass is 214 g/mol. The Hall–Kier alpha value is -0.610. The lowest BCUT2D eigenvalue weighted by molar-refractivity contribution is 0.102. The van der Waals surface area contributed by atoms with E-state index in [2.05, 4.69) is 0 Å². The zero-order chi connectivity index (χ0) is 9.68. The molecule has 0 aliphatic carbocycles. The summed E-state index contributed by atoms with van der Waals surface area (Å²) < 4.78 is 5.96. The van der Waals surface area contributed by atoms with E-state index in [-0.39, 0.29) is 5.78 Å². The second-order valence-corrected chi connectivity index (χ2v) is 4.17. The van der Waals surface area contributed by atoms with Crippen molar-refractivity contribution < 1.29 is 9.21 Å². The Morgan fingerprint density at radius 1 is 1.46 bits per heavy atom. The van der Waals surface area contributed by atoms with Gasteiger partial charge in [-0.1, -0.05) is 0 Å². The Morgan fingerprint density at radius 3 is 2.62 bits per heavy atom. The molecule has 0 spiro atoms. The van der Waals surface area contributed by atoms with Crippen LogP contribution >= 0.6 is 23.5 Å². The molecular formula is C9H10O2S2. The Balaban J connectivity index is 2.75. The van der Waals surface area contributed by atoms with Crippen molar-refractivity contribution in [3.05, 3.63) is 34.5 Å². The summed E-state index contributed by atoms with van der Waals surface area (Å²) in [6, 6.07) is 3.37. The van der Waals surface area contributed by atoms with Crippen LogP contribution in [0, 0.1) is 0 Å². The first-order chi connectivity index (χ1) is 6.27. The van der Waals surface area contributed by atoms with Gasteiger partial charge in [-0.3, -0.25) is 4.79 Å². The predicted molar refractivity (Wildman–Crippen MR) is 58.2 cm³/mol. The third-order valence-electron chi connectivity index (χ3n) is 1.42. The molecule has 13 heavy (non-hydrogen) atoms. The molecule has 0 atom stereocenters. The Morgan fingerprint density at radius 2 is 2.15 bits per heavy atom. The summed E-state index contributed by atoms with van der Waals surface area (Å²) in [6.07, 6.45) is 6.97. The van der Waals surface area contributed by atoms with Crippen molar-refractivity contribution in [3.63, 3.8) is 0 Å². The van der Waals surface area contributed by atoms with Gasteiger partial charge >= 0.3 is 0 Å². The summed E-state index contributed by atoms with van der Waals surface area (Å²) >= 11 is 3.11. The minimum atomic E-state index is -0.0799. The second-order valence-electron chi connectivity index (χ2n) is 2.21. The fourth-order valence-electron chi connectivity index (χ4n) is 0.798. The first-order valence-electron chi connectivity index (χ1n) is 3.65. The number of furan rings is 1. The van der Waals surface area contributed by atoms with Crippen molar-refractivity contribution in [2.75, 3.05) is 12.5 Å². The number of hydrogen-bond acceptors (Lipinski definition) is 4. The average molecular weight is 214 g/mol. The van der Waals surface area contributed by atoms with Gasteiger partial charge < -0.3 is 4.42 Å². The van der Waals surface area contributed by atoms with Crippen molar-refractivity contribution in [3.8, 4) is 0 Å². The summed E-state index contributed by atoms with van der Waals surface area (Å²) in [6.45, 7) is 0. The van der Waals surface area contributed by atoms with Crippen molar-refractivity contribution >= 4 is 29.3 Å². The van der Waals surface area contributed by atoms with Gasteiger partial charge in [-0.05, 0) is 24.6 Å². The minimum Gasteiger partial charge on any atom is -0.461 e. The Labute approximate surface area is 85.8 Å². The van der Waals surface area contributed by atoms with E-state index in [1.807, 2.05) is 12.5 Å². The van der Waals surface area contributed by atoms with Crippen molar-refractivity contribution in [2.45, 2.75) is 0 Å². The smallest absolute Gasteiger partial charge is 0.222 e. The van der Waals surface area contributed by atoms with E-state index < -0.39 is 0 Å². The van der Waals surface area contributed by atoms with E-state index in [0.717, 1.165) is 4.24 Å². The van der Waals surface area contributed by atoms with Gasteiger partial charge in [0.15, 0.2) is 5.76 Å². The SMILES string of the molecule is CSC(=CC(=O)c1ccco1)SC. The highest BCUT2D eigenvalue weighted by Crippen LogP contribution is 2.23. The first kappa shape index (κ1) is 10.5. The number of ketones is 1. The van der Waals surface area contributed by atoms with Crippen LogP contribution in [-0.2, 0) is 0 Å². The molecule has 1 rings (SSSR count). The summed E-state index contributed by atoms with van der Waals surface area (Å²) in [5.74, 6) is 0.310. The Kier molecular flexibility index (Phi) is 4.18. The maximum Gasteiger partial charge on any atom is 0.222 e. The van der Waals surface area contributed by atoms with Crippen LogP contribution in [0.5, 0.6) is 0 Å². The van der Waals surface area contributed by atoms with Crippen LogP contribution in [0.25, 0.3) is 0 Å². The van der Waals surface area contributed by atoms with Gasteiger partial charge in [0.2, 0.25) is 5.78 Å². The normalized spacial score (nSPS) is 9.69. The fraction of sp³-hybridized carbons (Fsp3) is 0.222. The highest BCUT2D eigenvalue weighted by atomic mass is 32.2. The molecule has 4 heteroatoms. The standard InChI is InChI=1S/C9H10O2S2/c1-12-9(13-2)6-7(10)8-4-3-5-11-8/h3-6H,1-2H3. The van der Waals surface area contributed by atoms with Crippen molar-refractivity contribution in [1.82, 2.24) is 0 Å². The van der Waals surface area contributed by atoms with Crippen LogP contribution in [0.2, 0.25) is 0 Å². The number of carbonyl (C=O) groups is 1. The zero-order valence-electron chi connectivity index (χ0n) is 7.44. The van der Waals surface area contributed by atoms with Gasteiger partial charge in [0.05, 0.1) is 6.26 Å². The maximum absolute atomic E-state index is 11.4. The van der Waals surface area contributed by atoms with Crippen LogP contribution in [0.3, 0.4) is 0 Å². The highest BCUT2D eigenvalue weighted by Gasteiger charge is 2.06. The number of carbonyl (C=O) groups excluding carboxylic acids is 1. The molecular weight excluding hydrogens is 204 g/mol. The summed E-state index contributed by atoms with van der Waals surface area (Å²) in [7, 11) is 0. The molecule has 0 unspecified atom stereocenters. The van der Waals surface area contributed by atoms with E-state index in [4.69, 9.17) is 4.42 Å². The predicted octanol–water partition coefficient (Wildman–Crippen LogP) is 3.03. The molecule has 0 fully saturated rings. The fourth-order valence-corrected chi connectivity index (χ4v) is 1.91. The van der Waals surface area contributed by atoms with Crippen LogP contribution < -0.4 is 0 Å². The maximum atomic E-state index is 11.4. The summed E-state index contributed by atoms with van der Waals surface area (Å²) in [4.78, 5) is 11.4. The molecule has 70 valence electrons.